The molecule has 0 radical (unpaired) electrons. The van der Waals surface area contributed by atoms with Crippen LogP contribution in [-0.4, -0.2) is 31.0 Å². The van der Waals surface area contributed by atoms with Gasteiger partial charge in [0.15, 0.2) is 6.61 Å². The van der Waals surface area contributed by atoms with Crippen LogP contribution in [0.5, 0.6) is 0 Å². The van der Waals surface area contributed by atoms with E-state index in [0.29, 0.717) is 6.42 Å². The van der Waals surface area contributed by atoms with Crippen LogP contribution in [0.2, 0.25) is 0 Å². The number of primary amides is 1. The number of amides is 2. The van der Waals surface area contributed by atoms with Gasteiger partial charge in [-0.25, -0.2) is 5.48 Å². The lowest BCUT2D eigenvalue weighted by Crippen LogP contribution is -2.34. The van der Waals surface area contributed by atoms with Gasteiger partial charge in [0.1, 0.15) is 0 Å². The molecule has 1 atom stereocenters. The number of hydrogen-bond donors (Lipinski definition) is 3. The van der Waals surface area contributed by atoms with Crippen molar-refractivity contribution in [2.75, 3.05) is 13.2 Å². The molecule has 0 aliphatic carbocycles. The topological polar surface area (TPSA) is 93.5 Å². The Morgan fingerprint density at radius 2 is 2.36 bits per heavy atom. The van der Waals surface area contributed by atoms with Crippen molar-refractivity contribution in [3.8, 4) is 0 Å². The first kappa shape index (κ1) is 10.9. The highest BCUT2D eigenvalue weighted by Gasteiger charge is 2.17. The number of nitrogens with one attached hydrogen (secondary N) is 2. The van der Waals surface area contributed by atoms with Crippen LogP contribution in [-0.2, 0) is 14.4 Å². The number of hydroxylamine groups is 1. The average molecular weight is 201 g/mol. The van der Waals surface area contributed by atoms with Crippen molar-refractivity contribution < 1.29 is 14.4 Å². The molecule has 2 amide bonds. The second kappa shape index (κ2) is 5.56. The highest BCUT2D eigenvalue weighted by molar-refractivity contribution is 5.77. The summed E-state index contributed by atoms with van der Waals surface area (Å²) in [6.07, 6.45) is 2.47. The van der Waals surface area contributed by atoms with E-state index in [0.717, 1.165) is 19.4 Å². The molecule has 4 N–H and O–H groups in total. The zero-order chi connectivity index (χ0) is 10.4. The molecule has 1 unspecified atom stereocenters. The summed E-state index contributed by atoms with van der Waals surface area (Å²) < 4.78 is 0. The van der Waals surface area contributed by atoms with Crippen LogP contribution < -0.4 is 16.5 Å². The van der Waals surface area contributed by atoms with E-state index in [1.54, 1.807) is 0 Å². The summed E-state index contributed by atoms with van der Waals surface area (Å²) in [5, 5.41) is 3.18. The normalized spacial score (nSPS) is 20.7. The smallest absolute Gasteiger partial charge is 0.246 e. The van der Waals surface area contributed by atoms with Gasteiger partial charge in [0, 0.05) is 12.5 Å². The van der Waals surface area contributed by atoms with E-state index in [2.05, 4.69) is 15.6 Å². The minimum absolute atomic E-state index is 0.229. The molecule has 1 rings (SSSR count). The third-order valence-electron chi connectivity index (χ3n) is 1.99. The van der Waals surface area contributed by atoms with Crippen LogP contribution in [0.15, 0.2) is 0 Å². The lowest BCUT2D eigenvalue weighted by atomic mass is 10.1. The summed E-state index contributed by atoms with van der Waals surface area (Å²) >= 11 is 0. The Morgan fingerprint density at radius 3 is 2.93 bits per heavy atom. The van der Waals surface area contributed by atoms with Gasteiger partial charge in [-0.2, -0.15) is 0 Å². The predicted octanol–water partition coefficient (Wildman–Crippen LogP) is -1.34. The van der Waals surface area contributed by atoms with E-state index in [4.69, 9.17) is 5.73 Å². The molecule has 0 aromatic rings. The van der Waals surface area contributed by atoms with Crippen LogP contribution in [0.4, 0.5) is 0 Å². The summed E-state index contributed by atoms with van der Waals surface area (Å²) in [5.41, 5.74) is 6.98. The lowest BCUT2D eigenvalue weighted by molar-refractivity contribution is -0.138. The molecular formula is C8H15N3O3. The fourth-order valence-electron chi connectivity index (χ4n) is 1.38. The second-order valence-electron chi connectivity index (χ2n) is 3.28. The first-order valence-electron chi connectivity index (χ1n) is 4.61. The SMILES string of the molecule is NC(=O)CONC(=O)CC1CCCN1. The summed E-state index contributed by atoms with van der Waals surface area (Å²) in [7, 11) is 0. The molecule has 80 valence electrons. The van der Waals surface area contributed by atoms with Crippen molar-refractivity contribution in [1.29, 1.82) is 0 Å². The second-order valence-corrected chi connectivity index (χ2v) is 3.28. The summed E-state index contributed by atoms with van der Waals surface area (Å²) in [4.78, 5) is 26.0. The number of rotatable bonds is 5. The number of nitrogens with two attached hydrogens (primary N) is 1. The van der Waals surface area contributed by atoms with Gasteiger partial charge < -0.3 is 11.1 Å². The third-order valence-corrected chi connectivity index (χ3v) is 1.99. The van der Waals surface area contributed by atoms with Crippen LogP contribution in [0.25, 0.3) is 0 Å². The zero-order valence-corrected chi connectivity index (χ0v) is 7.91. The highest BCUT2D eigenvalue weighted by Crippen LogP contribution is 2.07. The van der Waals surface area contributed by atoms with Crippen LogP contribution >= 0.6 is 0 Å². The van der Waals surface area contributed by atoms with E-state index in [-0.39, 0.29) is 18.6 Å². The van der Waals surface area contributed by atoms with E-state index in [1.807, 2.05) is 0 Å². The maximum absolute atomic E-state index is 11.2. The molecule has 0 saturated carbocycles. The van der Waals surface area contributed by atoms with Gasteiger partial charge in [-0.05, 0) is 19.4 Å². The number of hydrogen-bond acceptors (Lipinski definition) is 4. The van der Waals surface area contributed by atoms with Gasteiger partial charge in [0.2, 0.25) is 11.8 Å². The van der Waals surface area contributed by atoms with Crippen molar-refractivity contribution in [2.24, 2.45) is 5.73 Å². The monoisotopic (exact) mass is 201 g/mol. The standard InChI is InChI=1S/C8H15N3O3/c9-7(12)5-14-11-8(13)4-6-2-1-3-10-6/h6,10H,1-5H2,(H2,9,12)(H,11,13). The van der Waals surface area contributed by atoms with E-state index < -0.39 is 5.91 Å². The number of carbonyl (C=O) groups is 2. The van der Waals surface area contributed by atoms with Gasteiger partial charge in [0.25, 0.3) is 0 Å². The molecule has 1 aliphatic rings. The van der Waals surface area contributed by atoms with Gasteiger partial charge in [-0.1, -0.05) is 0 Å². The predicted molar refractivity (Wildman–Crippen MR) is 48.9 cm³/mol. The van der Waals surface area contributed by atoms with E-state index in [9.17, 15) is 9.59 Å². The quantitative estimate of drug-likeness (QED) is 0.480. The maximum atomic E-state index is 11.2. The fourth-order valence-corrected chi connectivity index (χ4v) is 1.38. The van der Waals surface area contributed by atoms with Crippen molar-refractivity contribution >= 4 is 11.8 Å². The first-order valence-corrected chi connectivity index (χ1v) is 4.61. The largest absolute Gasteiger partial charge is 0.368 e. The average Bonchev–Trinajstić information content (AvgIpc) is 2.56. The van der Waals surface area contributed by atoms with E-state index >= 15 is 0 Å². The Labute approximate surface area is 82.1 Å². The Balaban J connectivity index is 2.06. The molecule has 1 saturated heterocycles. The molecular weight excluding hydrogens is 186 g/mol. The van der Waals surface area contributed by atoms with Gasteiger partial charge in [-0.3, -0.25) is 14.4 Å². The van der Waals surface area contributed by atoms with Gasteiger partial charge >= 0.3 is 0 Å². The molecule has 0 bridgehead atoms. The Kier molecular flexibility index (Phi) is 4.34. The summed E-state index contributed by atoms with van der Waals surface area (Å²) in [5.74, 6) is -0.838. The van der Waals surface area contributed by atoms with Crippen molar-refractivity contribution in [3.05, 3.63) is 0 Å². The van der Waals surface area contributed by atoms with Crippen LogP contribution in [0, 0.1) is 0 Å². The van der Waals surface area contributed by atoms with Crippen LogP contribution in [0.3, 0.4) is 0 Å². The molecule has 1 aliphatic heterocycles. The third kappa shape index (κ3) is 4.20. The Hall–Kier alpha value is -1.14. The minimum atomic E-state index is -0.607. The molecule has 6 heteroatoms. The van der Waals surface area contributed by atoms with Gasteiger partial charge in [0.05, 0.1) is 0 Å². The molecule has 6 nitrogen and oxygen atoms in total. The van der Waals surface area contributed by atoms with Crippen molar-refractivity contribution in [1.82, 2.24) is 10.8 Å². The van der Waals surface area contributed by atoms with Crippen molar-refractivity contribution in [3.63, 3.8) is 0 Å². The summed E-state index contributed by atoms with van der Waals surface area (Å²) in [6, 6.07) is 0.229. The van der Waals surface area contributed by atoms with E-state index in [1.165, 1.54) is 0 Å². The number of carbonyl (C=O) groups excluding carboxylic acids is 2. The highest BCUT2D eigenvalue weighted by atomic mass is 16.7. The fraction of sp³-hybridized carbons (Fsp3) is 0.750. The minimum Gasteiger partial charge on any atom is -0.368 e. The Morgan fingerprint density at radius 1 is 1.57 bits per heavy atom. The summed E-state index contributed by atoms with van der Waals surface area (Å²) in [6.45, 7) is 0.671. The molecule has 1 heterocycles. The first-order chi connectivity index (χ1) is 6.68. The lowest BCUT2D eigenvalue weighted by Gasteiger charge is -2.09. The molecule has 0 aromatic carbocycles. The zero-order valence-electron chi connectivity index (χ0n) is 7.91. The van der Waals surface area contributed by atoms with Crippen molar-refractivity contribution in [2.45, 2.75) is 25.3 Å². The molecule has 0 aromatic heterocycles. The van der Waals surface area contributed by atoms with Crippen LogP contribution in [0.1, 0.15) is 19.3 Å². The molecule has 14 heavy (non-hydrogen) atoms. The molecule has 1 fully saturated rings. The molecule has 0 spiro atoms. The van der Waals surface area contributed by atoms with Gasteiger partial charge in [-0.15, -0.1) is 0 Å². The Bertz CT molecular complexity index is 214. The maximum Gasteiger partial charge on any atom is 0.246 e.